The Labute approximate surface area is 179 Å². The predicted octanol–water partition coefficient (Wildman–Crippen LogP) is 3.21. The zero-order valence-corrected chi connectivity index (χ0v) is 17.6. The van der Waals surface area contributed by atoms with Gasteiger partial charge >= 0.3 is 0 Å². The second-order valence-corrected chi connectivity index (χ2v) is 7.20. The molecule has 0 spiro atoms. The van der Waals surface area contributed by atoms with Crippen molar-refractivity contribution >= 4 is 11.9 Å². The highest BCUT2D eigenvalue weighted by Gasteiger charge is 2.10. The topological polar surface area (TPSA) is 100 Å². The van der Waals surface area contributed by atoms with Crippen LogP contribution in [-0.4, -0.2) is 42.4 Å². The standard InChI is InChI=1S/C22H22N4O3S/c1-28-19-5-4-16(13-17(19)14-23)18-7-8-24-22(26-18)12-15-3-6-21(20(11-15)29-2)30-25-9-10-27/h3-8,11,13,25,27H,9-10,12H2,1-2H3. The lowest BCUT2D eigenvalue weighted by Crippen LogP contribution is -2.09. The van der Waals surface area contributed by atoms with Crippen molar-refractivity contribution in [1.82, 2.24) is 14.7 Å². The van der Waals surface area contributed by atoms with Crippen LogP contribution in [0.25, 0.3) is 11.3 Å². The third kappa shape index (κ3) is 5.27. The number of aromatic nitrogens is 2. The summed E-state index contributed by atoms with van der Waals surface area (Å²) in [4.78, 5) is 9.99. The van der Waals surface area contributed by atoms with E-state index in [0.717, 1.165) is 27.5 Å². The molecule has 0 bridgehead atoms. The first-order valence-electron chi connectivity index (χ1n) is 9.26. The Bertz CT molecular complexity index is 1050. The molecule has 30 heavy (non-hydrogen) atoms. The summed E-state index contributed by atoms with van der Waals surface area (Å²) in [6.45, 7) is 0.570. The van der Waals surface area contributed by atoms with Gasteiger partial charge in [0.2, 0.25) is 0 Å². The van der Waals surface area contributed by atoms with Crippen molar-refractivity contribution in [2.24, 2.45) is 0 Å². The molecule has 0 saturated carbocycles. The number of hydrogen-bond acceptors (Lipinski definition) is 8. The van der Waals surface area contributed by atoms with Gasteiger partial charge in [0.1, 0.15) is 23.4 Å². The Morgan fingerprint density at radius 3 is 2.67 bits per heavy atom. The molecule has 0 unspecified atom stereocenters. The summed E-state index contributed by atoms with van der Waals surface area (Å²) in [7, 11) is 3.17. The van der Waals surface area contributed by atoms with Crippen molar-refractivity contribution in [2.45, 2.75) is 11.3 Å². The van der Waals surface area contributed by atoms with E-state index in [4.69, 9.17) is 14.6 Å². The highest BCUT2D eigenvalue weighted by atomic mass is 32.2. The summed E-state index contributed by atoms with van der Waals surface area (Å²) in [6, 6.07) is 15.3. The van der Waals surface area contributed by atoms with Crippen LogP contribution in [0.1, 0.15) is 17.0 Å². The van der Waals surface area contributed by atoms with Gasteiger partial charge < -0.3 is 14.6 Å². The molecular formula is C22H22N4O3S. The fourth-order valence-corrected chi connectivity index (χ4v) is 3.59. The first kappa shape index (κ1) is 21.6. The third-order valence-electron chi connectivity index (χ3n) is 4.31. The van der Waals surface area contributed by atoms with E-state index in [2.05, 4.69) is 20.8 Å². The summed E-state index contributed by atoms with van der Waals surface area (Å²) >= 11 is 1.41. The third-order valence-corrected chi connectivity index (χ3v) is 5.21. The molecule has 0 atom stereocenters. The molecule has 0 radical (unpaired) electrons. The van der Waals surface area contributed by atoms with Crippen molar-refractivity contribution < 1.29 is 14.6 Å². The van der Waals surface area contributed by atoms with Gasteiger partial charge in [-0.3, -0.25) is 4.72 Å². The van der Waals surface area contributed by atoms with E-state index < -0.39 is 0 Å². The van der Waals surface area contributed by atoms with Gasteiger partial charge in [-0.1, -0.05) is 6.07 Å². The molecule has 0 aliphatic rings. The molecule has 0 fully saturated rings. The summed E-state index contributed by atoms with van der Waals surface area (Å²) in [5, 5.41) is 18.2. The number of nitrogens with zero attached hydrogens (tertiary/aromatic N) is 3. The highest BCUT2D eigenvalue weighted by Crippen LogP contribution is 2.29. The largest absolute Gasteiger partial charge is 0.496 e. The van der Waals surface area contributed by atoms with E-state index in [1.54, 1.807) is 32.5 Å². The monoisotopic (exact) mass is 422 g/mol. The molecule has 8 heteroatoms. The Kier molecular flexibility index (Phi) is 7.63. The van der Waals surface area contributed by atoms with E-state index >= 15 is 0 Å². The minimum atomic E-state index is 0.0745. The number of ether oxygens (including phenoxy) is 2. The fourth-order valence-electron chi connectivity index (χ4n) is 2.86. The maximum absolute atomic E-state index is 9.32. The van der Waals surface area contributed by atoms with Crippen molar-refractivity contribution in [1.29, 1.82) is 5.26 Å². The molecule has 1 heterocycles. The van der Waals surface area contributed by atoms with Crippen LogP contribution >= 0.6 is 11.9 Å². The fraction of sp³-hybridized carbons (Fsp3) is 0.227. The average Bonchev–Trinajstić information content (AvgIpc) is 2.79. The van der Waals surface area contributed by atoms with Gasteiger partial charge in [0.25, 0.3) is 0 Å². The number of aliphatic hydroxyl groups is 1. The summed E-state index contributed by atoms with van der Waals surface area (Å²) in [5.74, 6) is 1.95. The first-order valence-corrected chi connectivity index (χ1v) is 10.1. The number of methoxy groups -OCH3 is 2. The average molecular weight is 423 g/mol. The van der Waals surface area contributed by atoms with Gasteiger partial charge in [-0.15, -0.1) is 0 Å². The normalized spacial score (nSPS) is 10.5. The second kappa shape index (κ2) is 10.6. The Hall–Kier alpha value is -3.12. The van der Waals surface area contributed by atoms with Crippen LogP contribution < -0.4 is 14.2 Å². The van der Waals surface area contributed by atoms with Crippen LogP contribution in [0.2, 0.25) is 0 Å². The lowest BCUT2D eigenvalue weighted by atomic mass is 10.1. The molecule has 3 aromatic rings. The lowest BCUT2D eigenvalue weighted by molar-refractivity contribution is 0.302. The number of rotatable bonds is 9. The van der Waals surface area contributed by atoms with E-state index in [1.165, 1.54) is 11.9 Å². The quantitative estimate of drug-likeness (QED) is 0.401. The number of hydrogen-bond donors (Lipinski definition) is 2. The van der Waals surface area contributed by atoms with Crippen molar-refractivity contribution in [3.8, 4) is 28.8 Å². The number of aliphatic hydroxyl groups excluding tert-OH is 1. The number of benzene rings is 2. The minimum absolute atomic E-state index is 0.0745. The molecular weight excluding hydrogens is 400 g/mol. The highest BCUT2D eigenvalue weighted by molar-refractivity contribution is 7.97. The lowest BCUT2D eigenvalue weighted by Gasteiger charge is -2.11. The first-order chi connectivity index (χ1) is 14.7. The van der Waals surface area contributed by atoms with E-state index in [1.807, 2.05) is 30.3 Å². The molecule has 7 nitrogen and oxygen atoms in total. The van der Waals surface area contributed by atoms with Crippen molar-refractivity contribution in [2.75, 3.05) is 27.4 Å². The van der Waals surface area contributed by atoms with E-state index in [0.29, 0.717) is 30.1 Å². The predicted molar refractivity (Wildman–Crippen MR) is 115 cm³/mol. The van der Waals surface area contributed by atoms with Gasteiger partial charge in [0, 0.05) is 24.7 Å². The van der Waals surface area contributed by atoms with Gasteiger partial charge in [0.05, 0.1) is 37.0 Å². The molecule has 154 valence electrons. The van der Waals surface area contributed by atoms with E-state index in [9.17, 15) is 5.26 Å². The van der Waals surface area contributed by atoms with Crippen molar-refractivity contribution in [3.05, 3.63) is 65.6 Å². The summed E-state index contributed by atoms with van der Waals surface area (Å²) < 4.78 is 13.8. The van der Waals surface area contributed by atoms with Crippen LogP contribution in [0.4, 0.5) is 0 Å². The zero-order chi connectivity index (χ0) is 21.3. The zero-order valence-electron chi connectivity index (χ0n) is 16.8. The SMILES string of the molecule is COc1ccc(-c2ccnc(Cc3ccc(SNCCO)c(OC)c3)n2)cc1C#N. The molecule has 3 rings (SSSR count). The van der Waals surface area contributed by atoms with Gasteiger partial charge in [-0.05, 0) is 53.9 Å². The summed E-state index contributed by atoms with van der Waals surface area (Å²) in [6.07, 6.45) is 2.26. The van der Waals surface area contributed by atoms with Crippen LogP contribution in [-0.2, 0) is 6.42 Å². The Morgan fingerprint density at radius 2 is 1.93 bits per heavy atom. The molecule has 0 aliphatic heterocycles. The maximum atomic E-state index is 9.32. The van der Waals surface area contributed by atoms with Crippen LogP contribution in [0.15, 0.2) is 53.6 Å². The summed E-state index contributed by atoms with van der Waals surface area (Å²) in [5.41, 5.74) is 3.05. The Morgan fingerprint density at radius 1 is 1.10 bits per heavy atom. The van der Waals surface area contributed by atoms with Crippen LogP contribution in [0, 0.1) is 11.3 Å². The molecule has 2 N–H and O–H groups in total. The van der Waals surface area contributed by atoms with Gasteiger partial charge in [-0.2, -0.15) is 5.26 Å². The van der Waals surface area contributed by atoms with Crippen LogP contribution in [0.3, 0.4) is 0 Å². The molecule has 2 aromatic carbocycles. The van der Waals surface area contributed by atoms with Crippen LogP contribution in [0.5, 0.6) is 11.5 Å². The smallest absolute Gasteiger partial charge is 0.136 e. The van der Waals surface area contributed by atoms with Gasteiger partial charge in [-0.25, -0.2) is 9.97 Å². The van der Waals surface area contributed by atoms with E-state index in [-0.39, 0.29) is 6.61 Å². The molecule has 0 aliphatic carbocycles. The Balaban J connectivity index is 1.81. The van der Waals surface area contributed by atoms with Gasteiger partial charge in [0.15, 0.2) is 0 Å². The second-order valence-electron chi connectivity index (χ2n) is 6.27. The molecule has 0 saturated heterocycles. The number of nitriles is 1. The molecule has 1 aromatic heterocycles. The number of nitrogens with one attached hydrogen (secondary N) is 1. The maximum Gasteiger partial charge on any atom is 0.136 e. The molecule has 0 amide bonds. The minimum Gasteiger partial charge on any atom is -0.496 e. The van der Waals surface area contributed by atoms with Crippen molar-refractivity contribution in [3.63, 3.8) is 0 Å².